The summed E-state index contributed by atoms with van der Waals surface area (Å²) in [6.45, 7) is 9.25. The molecule has 6 atom stereocenters. The predicted octanol–water partition coefficient (Wildman–Crippen LogP) is 2.37. The van der Waals surface area contributed by atoms with Crippen LogP contribution in [0.15, 0.2) is 58.5 Å². The van der Waals surface area contributed by atoms with Crippen LogP contribution in [-0.2, 0) is 28.6 Å². The molecule has 0 spiro atoms. The smallest absolute Gasteiger partial charge is 0.405 e. The van der Waals surface area contributed by atoms with Crippen LogP contribution in [0, 0.1) is 11.8 Å². The SMILES string of the molecule is CCNC1=C2C[C@@H](C)C[C@H](OC)[C@H](O)[C@@H](C)/C=C(\C)[C@H](OC(N)=O)[C@@H](OC)/C=C\C=C(/C)C(=O)NC(=CC1=O)C2=O. The van der Waals surface area contributed by atoms with E-state index in [0.29, 0.717) is 18.5 Å². The van der Waals surface area contributed by atoms with Crippen molar-refractivity contribution in [1.82, 2.24) is 10.6 Å². The van der Waals surface area contributed by atoms with Crippen LogP contribution in [-0.4, -0.2) is 73.9 Å². The molecule has 11 nitrogen and oxygen atoms in total. The standard InChI is InChI=1S/C30H43N3O8/c1-8-32-25-20-12-16(2)13-24(40-7)26(35)18(4)14-19(5)28(41-30(31)38)23(39-6)11-9-10-17(3)29(37)33-21(27(20)36)15-22(25)34/h9-11,14-16,18,23-24,26,28,32,35H,8,12-13H2,1-7H3,(H2,31,38)(H,33,37)/b11-9-,17-10+,19-14+/t16-,18+,23+,24+,26-,28+/m1/s1. The van der Waals surface area contributed by atoms with Gasteiger partial charge in [0.15, 0.2) is 6.10 Å². The molecule has 0 saturated heterocycles. The first-order chi connectivity index (χ1) is 19.3. The van der Waals surface area contributed by atoms with Crippen LogP contribution in [0.1, 0.15) is 47.5 Å². The van der Waals surface area contributed by atoms with E-state index in [0.717, 1.165) is 6.08 Å². The first kappa shape index (κ1) is 33.7. The van der Waals surface area contributed by atoms with Gasteiger partial charge in [-0.1, -0.05) is 38.2 Å². The first-order valence-corrected chi connectivity index (χ1v) is 13.7. The van der Waals surface area contributed by atoms with Gasteiger partial charge in [-0.3, -0.25) is 14.4 Å². The third kappa shape index (κ3) is 8.97. The van der Waals surface area contributed by atoms with Gasteiger partial charge in [0.05, 0.1) is 23.6 Å². The fraction of sp³-hybridized carbons (Fsp3) is 0.533. The van der Waals surface area contributed by atoms with Crippen LogP contribution >= 0.6 is 0 Å². The Morgan fingerprint density at radius 2 is 1.85 bits per heavy atom. The minimum atomic E-state index is -0.996. The van der Waals surface area contributed by atoms with Gasteiger partial charge in [0.25, 0.3) is 5.91 Å². The number of nitrogens with one attached hydrogen (secondary N) is 2. The summed E-state index contributed by atoms with van der Waals surface area (Å²) in [6.07, 6.45) is 3.91. The van der Waals surface area contributed by atoms with E-state index in [4.69, 9.17) is 19.9 Å². The molecule has 2 rings (SSSR count). The maximum atomic E-state index is 13.5. The van der Waals surface area contributed by atoms with Crippen LogP contribution in [0.4, 0.5) is 4.79 Å². The molecule has 0 aromatic carbocycles. The molecule has 2 amide bonds. The van der Waals surface area contributed by atoms with Gasteiger partial charge in [0.1, 0.15) is 6.10 Å². The van der Waals surface area contributed by atoms with E-state index in [1.54, 1.807) is 32.1 Å². The van der Waals surface area contributed by atoms with Crippen LogP contribution in [0.5, 0.6) is 0 Å². The summed E-state index contributed by atoms with van der Waals surface area (Å²) in [5.41, 5.74) is 6.55. The molecule has 0 aromatic rings. The third-order valence-electron chi connectivity index (χ3n) is 7.15. The van der Waals surface area contributed by atoms with Crippen molar-refractivity contribution in [2.75, 3.05) is 20.8 Å². The molecule has 1 heterocycles. The number of primary amides is 1. The molecule has 5 N–H and O–H groups in total. The van der Waals surface area contributed by atoms with Crippen molar-refractivity contribution in [3.8, 4) is 0 Å². The lowest BCUT2D eigenvalue weighted by atomic mass is 9.85. The molecule has 0 radical (unpaired) electrons. The van der Waals surface area contributed by atoms with Crippen molar-refractivity contribution in [1.29, 1.82) is 0 Å². The number of carbonyl (C=O) groups excluding carboxylic acids is 4. The average molecular weight is 574 g/mol. The van der Waals surface area contributed by atoms with Crippen molar-refractivity contribution in [2.45, 2.75) is 71.9 Å². The minimum absolute atomic E-state index is 0.111. The van der Waals surface area contributed by atoms with Crippen molar-refractivity contribution in [3.05, 3.63) is 58.5 Å². The Bertz CT molecular complexity index is 1170. The van der Waals surface area contributed by atoms with E-state index in [1.165, 1.54) is 20.3 Å². The molecule has 2 aliphatic rings. The van der Waals surface area contributed by atoms with Crippen LogP contribution in [0.25, 0.3) is 0 Å². The Labute approximate surface area is 241 Å². The first-order valence-electron chi connectivity index (χ1n) is 13.7. The van der Waals surface area contributed by atoms with Gasteiger partial charge >= 0.3 is 6.09 Å². The Hall–Kier alpha value is -3.54. The van der Waals surface area contributed by atoms with Crippen LogP contribution < -0.4 is 16.4 Å². The highest BCUT2D eigenvalue weighted by atomic mass is 16.6. The van der Waals surface area contributed by atoms with E-state index >= 15 is 0 Å². The van der Waals surface area contributed by atoms with Gasteiger partial charge in [0, 0.05) is 43.9 Å². The van der Waals surface area contributed by atoms with Crippen molar-refractivity contribution < 1.29 is 38.5 Å². The normalized spacial score (nSPS) is 32.2. The molecular weight excluding hydrogens is 530 g/mol. The quantitative estimate of drug-likeness (QED) is 0.285. The molecule has 1 aliphatic heterocycles. The molecule has 41 heavy (non-hydrogen) atoms. The number of aliphatic hydroxyl groups excluding tert-OH is 1. The second-order valence-corrected chi connectivity index (χ2v) is 10.5. The number of allylic oxidation sites excluding steroid dienone is 4. The average Bonchev–Trinajstić information content (AvgIpc) is 2.92. The zero-order valence-electron chi connectivity index (χ0n) is 24.9. The number of rotatable bonds is 5. The molecule has 1 aliphatic carbocycles. The molecule has 11 heteroatoms. The van der Waals surface area contributed by atoms with Gasteiger partial charge in [-0.05, 0) is 45.1 Å². The Kier molecular flexibility index (Phi) is 12.7. The summed E-state index contributed by atoms with van der Waals surface area (Å²) in [7, 11) is 2.93. The fourth-order valence-electron chi connectivity index (χ4n) is 4.96. The lowest BCUT2D eigenvalue weighted by molar-refractivity contribution is -0.120. The Balaban J connectivity index is 2.61. The van der Waals surface area contributed by atoms with Gasteiger partial charge in [-0.15, -0.1) is 0 Å². The zero-order chi connectivity index (χ0) is 30.9. The second-order valence-electron chi connectivity index (χ2n) is 10.5. The van der Waals surface area contributed by atoms with Gasteiger partial charge in [-0.25, -0.2) is 4.79 Å². The van der Waals surface area contributed by atoms with Crippen molar-refractivity contribution in [2.24, 2.45) is 17.6 Å². The topological polar surface area (TPSA) is 166 Å². The summed E-state index contributed by atoms with van der Waals surface area (Å²) >= 11 is 0. The van der Waals surface area contributed by atoms with E-state index in [9.17, 15) is 24.3 Å². The third-order valence-corrected chi connectivity index (χ3v) is 7.15. The monoisotopic (exact) mass is 573 g/mol. The maximum absolute atomic E-state index is 13.5. The van der Waals surface area contributed by atoms with Gasteiger partial charge < -0.3 is 35.7 Å². The number of ketones is 2. The molecule has 226 valence electrons. The van der Waals surface area contributed by atoms with Gasteiger partial charge in [0.2, 0.25) is 11.6 Å². The van der Waals surface area contributed by atoms with E-state index < -0.39 is 53.9 Å². The summed E-state index contributed by atoms with van der Waals surface area (Å²) in [4.78, 5) is 51.1. The summed E-state index contributed by atoms with van der Waals surface area (Å²) in [5, 5.41) is 16.8. The largest absolute Gasteiger partial charge is 0.439 e. The van der Waals surface area contributed by atoms with E-state index in [1.807, 2.05) is 20.8 Å². The lowest BCUT2D eigenvalue weighted by Crippen LogP contribution is -2.37. The van der Waals surface area contributed by atoms with E-state index in [2.05, 4.69) is 10.6 Å². The molecule has 0 saturated carbocycles. The molecular formula is C30H43N3O8. The van der Waals surface area contributed by atoms with Crippen molar-refractivity contribution >= 4 is 23.6 Å². The maximum Gasteiger partial charge on any atom is 0.405 e. The molecule has 2 bridgehead atoms. The number of ether oxygens (including phenoxy) is 3. The molecule has 0 fully saturated rings. The second kappa shape index (κ2) is 15.5. The molecule has 0 unspecified atom stereocenters. The highest BCUT2D eigenvalue weighted by molar-refractivity contribution is 6.23. The summed E-state index contributed by atoms with van der Waals surface area (Å²) in [5.74, 6) is -2.03. The minimum Gasteiger partial charge on any atom is -0.439 e. The summed E-state index contributed by atoms with van der Waals surface area (Å²) in [6, 6.07) is 0. The van der Waals surface area contributed by atoms with Crippen molar-refractivity contribution in [3.63, 3.8) is 0 Å². The Morgan fingerprint density at radius 1 is 1.17 bits per heavy atom. The number of nitrogens with two attached hydrogens (primary N) is 1. The number of carbonyl (C=O) groups is 4. The zero-order valence-corrected chi connectivity index (χ0v) is 24.9. The number of likely N-dealkylation sites (N-methyl/N-ethyl adjacent to an activating group) is 1. The number of Topliss-reactive ketones (excluding diaryl/α,β-unsaturated/α-hetero) is 1. The van der Waals surface area contributed by atoms with Crippen LogP contribution in [0.2, 0.25) is 0 Å². The highest BCUT2D eigenvalue weighted by Gasteiger charge is 2.33. The number of methoxy groups -OCH3 is 2. The highest BCUT2D eigenvalue weighted by Crippen LogP contribution is 2.28. The lowest BCUT2D eigenvalue weighted by Gasteiger charge is -2.30. The Morgan fingerprint density at radius 3 is 2.44 bits per heavy atom. The predicted molar refractivity (Wildman–Crippen MR) is 153 cm³/mol. The number of hydrogen-bond donors (Lipinski definition) is 4. The fourth-order valence-corrected chi connectivity index (χ4v) is 4.96. The number of fused-ring (bicyclic) bond motifs is 2. The number of aliphatic hydroxyl groups is 1. The number of hydrogen-bond acceptors (Lipinski definition) is 9. The van der Waals surface area contributed by atoms with E-state index in [-0.39, 0.29) is 34.9 Å². The molecule has 0 aromatic heterocycles. The van der Waals surface area contributed by atoms with Gasteiger partial charge in [-0.2, -0.15) is 0 Å². The summed E-state index contributed by atoms with van der Waals surface area (Å²) < 4.78 is 16.5. The number of amides is 2. The van der Waals surface area contributed by atoms with Crippen LogP contribution in [0.3, 0.4) is 0 Å².